The monoisotopic (exact) mass is 260 g/mol. The van der Waals surface area contributed by atoms with Crippen LogP contribution in [0.2, 0.25) is 0 Å². The summed E-state index contributed by atoms with van der Waals surface area (Å²) in [5, 5.41) is 7.35. The van der Waals surface area contributed by atoms with Gasteiger partial charge >= 0.3 is 0 Å². The lowest BCUT2D eigenvalue weighted by Crippen LogP contribution is -2.52. The third-order valence-corrected chi connectivity index (χ3v) is 3.49. The third-order valence-electron chi connectivity index (χ3n) is 2.76. The molecule has 1 aliphatic heterocycles. The number of rotatable bonds is 2. The van der Waals surface area contributed by atoms with Crippen molar-refractivity contribution in [1.82, 2.24) is 10.2 Å². The van der Waals surface area contributed by atoms with E-state index in [0.29, 0.717) is 12.5 Å². The van der Waals surface area contributed by atoms with E-state index in [1.54, 1.807) is 11.3 Å². The standard InChI is InChI=1S/C11H16N2OS.ClH/c1-9-7-12-3-4-13(9)11(14)6-10-2-5-15-8-10;/h2,5,8-9,12H,3-4,6-7H2,1H3;1H. The maximum atomic E-state index is 12.0. The fourth-order valence-electron chi connectivity index (χ4n) is 1.88. The molecule has 0 spiro atoms. The second kappa shape index (κ2) is 6.23. The first kappa shape index (κ1) is 13.5. The van der Waals surface area contributed by atoms with Crippen LogP contribution in [0.5, 0.6) is 0 Å². The van der Waals surface area contributed by atoms with Crippen LogP contribution in [-0.2, 0) is 11.2 Å². The van der Waals surface area contributed by atoms with Crippen LogP contribution in [0, 0.1) is 0 Å². The third kappa shape index (κ3) is 3.20. The van der Waals surface area contributed by atoms with E-state index >= 15 is 0 Å². The Morgan fingerprint density at radius 1 is 1.69 bits per heavy atom. The van der Waals surface area contributed by atoms with E-state index in [0.717, 1.165) is 25.2 Å². The molecule has 3 nitrogen and oxygen atoms in total. The normalized spacial score (nSPS) is 20.3. The summed E-state index contributed by atoms with van der Waals surface area (Å²) in [6, 6.07) is 2.35. The number of hydrogen-bond acceptors (Lipinski definition) is 3. The lowest BCUT2D eigenvalue weighted by Gasteiger charge is -2.34. The minimum atomic E-state index is 0. The summed E-state index contributed by atoms with van der Waals surface area (Å²) < 4.78 is 0. The number of hydrogen-bond donors (Lipinski definition) is 1. The van der Waals surface area contributed by atoms with Crippen LogP contribution in [-0.4, -0.2) is 36.5 Å². The van der Waals surface area contributed by atoms with Crippen LogP contribution < -0.4 is 5.32 Å². The number of nitrogens with one attached hydrogen (secondary N) is 1. The highest BCUT2D eigenvalue weighted by molar-refractivity contribution is 7.07. The van der Waals surface area contributed by atoms with Crippen LogP contribution in [0.4, 0.5) is 0 Å². The van der Waals surface area contributed by atoms with E-state index in [1.807, 2.05) is 21.7 Å². The molecule has 1 saturated heterocycles. The molecule has 1 amide bonds. The number of amides is 1. The van der Waals surface area contributed by atoms with Gasteiger partial charge in [0.25, 0.3) is 0 Å². The molecule has 1 aromatic rings. The molecule has 16 heavy (non-hydrogen) atoms. The summed E-state index contributed by atoms with van der Waals surface area (Å²) in [5.41, 5.74) is 1.13. The number of carbonyl (C=O) groups is 1. The molecule has 90 valence electrons. The zero-order valence-electron chi connectivity index (χ0n) is 9.31. The Morgan fingerprint density at radius 3 is 3.12 bits per heavy atom. The number of piperazine rings is 1. The average molecular weight is 261 g/mol. The zero-order valence-corrected chi connectivity index (χ0v) is 10.9. The summed E-state index contributed by atoms with van der Waals surface area (Å²) in [7, 11) is 0. The Balaban J connectivity index is 0.00000128. The highest BCUT2D eigenvalue weighted by Crippen LogP contribution is 2.10. The van der Waals surface area contributed by atoms with Crippen LogP contribution in [0.25, 0.3) is 0 Å². The van der Waals surface area contributed by atoms with E-state index in [4.69, 9.17) is 0 Å². The number of thiophene rings is 1. The number of nitrogens with zero attached hydrogens (tertiary/aromatic N) is 1. The van der Waals surface area contributed by atoms with E-state index in [2.05, 4.69) is 12.2 Å². The molecular formula is C11H17ClN2OS. The molecule has 2 rings (SSSR count). The molecule has 1 N–H and O–H groups in total. The smallest absolute Gasteiger partial charge is 0.227 e. The molecule has 5 heteroatoms. The van der Waals surface area contributed by atoms with E-state index in [1.165, 1.54) is 0 Å². The quantitative estimate of drug-likeness (QED) is 0.875. The second-order valence-electron chi connectivity index (χ2n) is 3.95. The van der Waals surface area contributed by atoms with Crippen molar-refractivity contribution < 1.29 is 4.79 Å². The highest BCUT2D eigenvalue weighted by atomic mass is 35.5. The summed E-state index contributed by atoms with van der Waals surface area (Å²) >= 11 is 1.65. The van der Waals surface area contributed by atoms with Gasteiger partial charge in [0.15, 0.2) is 0 Å². The molecule has 1 atom stereocenters. The van der Waals surface area contributed by atoms with Gasteiger partial charge in [0.05, 0.1) is 6.42 Å². The fraction of sp³-hybridized carbons (Fsp3) is 0.545. The fourth-order valence-corrected chi connectivity index (χ4v) is 2.55. The van der Waals surface area contributed by atoms with Crippen molar-refractivity contribution in [2.75, 3.05) is 19.6 Å². The Kier molecular flexibility index (Phi) is 5.25. The Bertz CT molecular complexity index is 329. The van der Waals surface area contributed by atoms with E-state index < -0.39 is 0 Å². The number of halogens is 1. The van der Waals surface area contributed by atoms with Gasteiger partial charge in [-0.2, -0.15) is 11.3 Å². The van der Waals surface area contributed by atoms with Crippen molar-refractivity contribution in [3.8, 4) is 0 Å². The van der Waals surface area contributed by atoms with Crippen LogP contribution in [0.15, 0.2) is 16.8 Å². The van der Waals surface area contributed by atoms with Crippen LogP contribution in [0.3, 0.4) is 0 Å². The molecule has 1 aliphatic rings. The van der Waals surface area contributed by atoms with E-state index in [-0.39, 0.29) is 18.3 Å². The zero-order chi connectivity index (χ0) is 10.7. The van der Waals surface area contributed by atoms with Gasteiger partial charge in [0.1, 0.15) is 0 Å². The maximum Gasteiger partial charge on any atom is 0.227 e. The highest BCUT2D eigenvalue weighted by Gasteiger charge is 2.22. The first-order chi connectivity index (χ1) is 7.27. The molecule has 1 fully saturated rings. The molecule has 0 aliphatic carbocycles. The summed E-state index contributed by atoms with van der Waals surface area (Å²) in [6.45, 7) is 4.76. The average Bonchev–Trinajstić information content (AvgIpc) is 2.71. The Labute approximate surface area is 106 Å². The van der Waals surface area contributed by atoms with Gasteiger partial charge in [-0.05, 0) is 29.3 Å². The van der Waals surface area contributed by atoms with Crippen LogP contribution >= 0.6 is 23.7 Å². The van der Waals surface area contributed by atoms with E-state index in [9.17, 15) is 4.79 Å². The SMILES string of the molecule is CC1CNCCN1C(=O)Cc1ccsc1.Cl. The van der Waals surface area contributed by atoms with Gasteiger partial charge < -0.3 is 10.2 Å². The lowest BCUT2D eigenvalue weighted by molar-refractivity contribution is -0.133. The molecular weight excluding hydrogens is 244 g/mol. The molecule has 0 radical (unpaired) electrons. The Hall–Kier alpha value is -0.580. The van der Waals surface area contributed by atoms with Crippen LogP contribution in [0.1, 0.15) is 12.5 Å². The van der Waals surface area contributed by atoms with Gasteiger partial charge in [-0.25, -0.2) is 0 Å². The summed E-state index contributed by atoms with van der Waals surface area (Å²) in [4.78, 5) is 14.0. The largest absolute Gasteiger partial charge is 0.337 e. The summed E-state index contributed by atoms with van der Waals surface area (Å²) in [6.07, 6.45) is 0.549. The van der Waals surface area contributed by atoms with Crippen molar-refractivity contribution in [3.05, 3.63) is 22.4 Å². The first-order valence-electron chi connectivity index (χ1n) is 5.28. The minimum Gasteiger partial charge on any atom is -0.337 e. The topological polar surface area (TPSA) is 32.3 Å². The molecule has 0 bridgehead atoms. The lowest BCUT2D eigenvalue weighted by atomic mass is 10.1. The summed E-state index contributed by atoms with van der Waals surface area (Å²) in [5.74, 6) is 0.252. The Morgan fingerprint density at radius 2 is 2.50 bits per heavy atom. The molecule has 0 aromatic carbocycles. The number of carbonyl (C=O) groups excluding carboxylic acids is 1. The van der Waals surface area contributed by atoms with Gasteiger partial charge in [0, 0.05) is 25.7 Å². The van der Waals surface area contributed by atoms with Crippen molar-refractivity contribution in [1.29, 1.82) is 0 Å². The first-order valence-corrected chi connectivity index (χ1v) is 6.23. The van der Waals surface area contributed by atoms with Gasteiger partial charge in [-0.3, -0.25) is 4.79 Å². The van der Waals surface area contributed by atoms with Gasteiger partial charge in [-0.15, -0.1) is 12.4 Å². The molecule has 1 unspecified atom stereocenters. The van der Waals surface area contributed by atoms with Gasteiger partial charge in [-0.1, -0.05) is 0 Å². The molecule has 2 heterocycles. The van der Waals surface area contributed by atoms with Gasteiger partial charge in [0.2, 0.25) is 5.91 Å². The van der Waals surface area contributed by atoms with Crippen molar-refractivity contribution in [2.24, 2.45) is 0 Å². The predicted octanol–water partition coefficient (Wildman–Crippen LogP) is 1.53. The molecule has 0 saturated carbocycles. The molecule has 1 aromatic heterocycles. The minimum absolute atomic E-state index is 0. The predicted molar refractivity (Wildman–Crippen MR) is 69.3 cm³/mol. The maximum absolute atomic E-state index is 12.0. The van der Waals surface area contributed by atoms with Crippen molar-refractivity contribution in [2.45, 2.75) is 19.4 Å². The van der Waals surface area contributed by atoms with Crippen molar-refractivity contribution >= 4 is 29.7 Å². The second-order valence-corrected chi connectivity index (χ2v) is 4.73. The van der Waals surface area contributed by atoms with Crippen molar-refractivity contribution in [3.63, 3.8) is 0 Å².